The van der Waals surface area contributed by atoms with Crippen molar-refractivity contribution in [2.45, 2.75) is 40.8 Å². The maximum Gasteiger partial charge on any atom is 0.413 e. The summed E-state index contributed by atoms with van der Waals surface area (Å²) in [6.45, 7) is 1.56. The fraction of sp³-hybridized carbons (Fsp3) is 0.348. The van der Waals surface area contributed by atoms with E-state index in [0.717, 1.165) is 20.8 Å². The molecule has 432 valence electrons. The maximum absolute atomic E-state index is 14.2. The molecule has 0 bridgehead atoms. The lowest BCUT2D eigenvalue weighted by Gasteiger charge is -2.17. The number of nitrogens with zero attached hydrogens (tertiary/aromatic N) is 6. The van der Waals surface area contributed by atoms with Crippen LogP contribution in [0.1, 0.15) is 16.7 Å². The Labute approximate surface area is 450 Å². The minimum absolute atomic E-state index is 0.00305. The van der Waals surface area contributed by atoms with Crippen LogP contribution in [0.15, 0.2) is 83.4 Å². The summed E-state index contributed by atoms with van der Waals surface area (Å²) in [6.07, 6.45) is -5.50. The third kappa shape index (κ3) is 16.5. The number of carbonyl (C=O) groups excluding carboxylic acids is 6. The molecule has 6 N–H and O–H groups in total. The second kappa shape index (κ2) is 30.0. The third-order valence-electron chi connectivity index (χ3n) is 10.4. The van der Waals surface area contributed by atoms with E-state index in [9.17, 15) is 57.5 Å². The molecule has 2 heterocycles. The lowest BCUT2D eigenvalue weighted by Crippen LogP contribution is -2.58. The quantitative estimate of drug-likeness (QED) is 0.0459. The van der Waals surface area contributed by atoms with Crippen LogP contribution in [0, 0.1) is 20.8 Å². The summed E-state index contributed by atoms with van der Waals surface area (Å²) in [5, 5.41) is 13.9. The smallest absolute Gasteiger partial charge is 0.413 e. The van der Waals surface area contributed by atoms with Crippen LogP contribution in [0.25, 0.3) is 17.1 Å². The van der Waals surface area contributed by atoms with Gasteiger partial charge >= 0.3 is 70.7 Å². The van der Waals surface area contributed by atoms with Crippen molar-refractivity contribution in [3.05, 3.63) is 134 Å². The number of aromatic nitrogens is 6. The van der Waals surface area contributed by atoms with E-state index in [2.05, 4.69) is 55.6 Å². The second-order valence-corrected chi connectivity index (χ2v) is 15.7. The van der Waals surface area contributed by atoms with Crippen LogP contribution in [-0.2, 0) is 67.4 Å². The minimum atomic E-state index is -1.18. The van der Waals surface area contributed by atoms with E-state index in [1.165, 1.54) is 71.9 Å². The topological polar surface area (TPSA) is 399 Å². The highest BCUT2D eigenvalue weighted by Gasteiger charge is 2.23. The molecule has 0 aliphatic heterocycles. The number of nitrogens with one attached hydrogen (secondary N) is 6. The molecule has 5 aromatic rings. The van der Waals surface area contributed by atoms with Gasteiger partial charge in [-0.05, 0) is 73.9 Å². The largest absolute Gasteiger partial charge is 0.453 e. The Morgan fingerprint density at radius 2 is 0.625 bits per heavy atom. The minimum Gasteiger partial charge on any atom is -0.453 e. The van der Waals surface area contributed by atoms with Gasteiger partial charge in [-0.3, -0.25) is 16.0 Å². The van der Waals surface area contributed by atoms with Crippen molar-refractivity contribution >= 4 is 53.6 Å². The van der Waals surface area contributed by atoms with Crippen LogP contribution in [0.2, 0.25) is 0 Å². The number of carbonyl (C=O) groups is 6. The van der Waals surface area contributed by atoms with Crippen molar-refractivity contribution in [2.75, 3.05) is 85.8 Å². The van der Waals surface area contributed by atoms with Gasteiger partial charge in [-0.15, -0.1) is 0 Å². The van der Waals surface area contributed by atoms with Gasteiger partial charge in [0.1, 0.15) is 20.0 Å². The van der Waals surface area contributed by atoms with Gasteiger partial charge in [-0.1, -0.05) is 18.2 Å². The Morgan fingerprint density at radius 1 is 0.362 bits per heavy atom. The van der Waals surface area contributed by atoms with Crippen molar-refractivity contribution in [2.24, 2.45) is 0 Å². The molecule has 0 aliphatic rings. The highest BCUT2D eigenvalue weighted by molar-refractivity contribution is 5.87. The van der Waals surface area contributed by atoms with Gasteiger partial charge in [0, 0.05) is 45.5 Å². The average Bonchev–Trinajstić information content (AvgIpc) is 3.47. The van der Waals surface area contributed by atoms with Crippen molar-refractivity contribution in [3.8, 4) is 17.1 Å². The molecule has 0 fully saturated rings. The van der Waals surface area contributed by atoms with Crippen molar-refractivity contribution in [1.82, 2.24) is 43.4 Å². The SMILES string of the molecule is COCOC(=O)NCn1c(=O)n(CNC(=O)OC)c(=O)n(CNC(=O)OCOC)c1=O.COCOC(=O)Nc1cc(-n2c(=O)n(-c3ccc(C)c(NC(=O)OC)c3)c(=O)n(-c3ccc(C)c(NC(=O)OCOC)c3)c2=O)ccc1C. The molecule has 80 heavy (non-hydrogen) atoms. The van der Waals surface area contributed by atoms with Gasteiger partial charge in [0.2, 0.25) is 0 Å². The van der Waals surface area contributed by atoms with Gasteiger partial charge in [0.05, 0.1) is 31.3 Å². The third-order valence-corrected chi connectivity index (χ3v) is 10.4. The normalized spacial score (nSPS) is 10.5. The Balaban J connectivity index is 0.000000383. The predicted molar refractivity (Wildman–Crippen MR) is 275 cm³/mol. The second-order valence-electron chi connectivity index (χ2n) is 15.7. The standard InChI is InChI=1S/C32H34N6O11.C14H22N6O11/c1-18-7-10-21(13-24(18)33-27(39)47-6)36-30(42)37(22-11-8-19(2)25(14-22)34-28(40)48-16-45-4)32(44)38(31(36)43)23-12-9-20(3)26(15-23)35-29(41)49-17-46-5;1-27-7-30-10(22)16-5-19-12(24)18(4-15-9(21)29-3)13(25)20(14(19)26)6-17-11(23)31-8-28-2/h7-15H,16-17H2,1-6H3,(H,33,39)(H,34,40)(H,35,41);4-8H2,1-3H3,(H,15,21)(H,16,22)(H,17,23). The highest BCUT2D eigenvalue weighted by atomic mass is 16.7. The monoisotopic (exact) mass is 1130 g/mol. The summed E-state index contributed by atoms with van der Waals surface area (Å²) >= 11 is 0. The number of amides is 6. The van der Waals surface area contributed by atoms with E-state index in [4.69, 9.17) is 23.7 Å². The summed E-state index contributed by atoms with van der Waals surface area (Å²) in [6, 6.07) is 13.1. The predicted octanol–water partition coefficient (Wildman–Crippen LogP) is 0.608. The molecule has 6 amide bonds. The van der Waals surface area contributed by atoms with Gasteiger partial charge in [-0.2, -0.15) is 0 Å². The zero-order valence-electron chi connectivity index (χ0n) is 44.3. The van der Waals surface area contributed by atoms with Gasteiger partial charge in [0.15, 0.2) is 27.2 Å². The summed E-state index contributed by atoms with van der Waals surface area (Å²) in [7, 11) is 7.46. The molecule has 0 spiro atoms. The molecule has 0 aliphatic carbocycles. The summed E-state index contributed by atoms with van der Waals surface area (Å²) in [4.78, 5) is 151. The number of hydrogen-bond acceptors (Lipinski definition) is 22. The first-order chi connectivity index (χ1) is 38.2. The fourth-order valence-corrected chi connectivity index (χ4v) is 6.46. The van der Waals surface area contributed by atoms with E-state index in [-0.39, 0.29) is 61.3 Å². The van der Waals surface area contributed by atoms with Gasteiger partial charge in [-0.25, -0.2) is 84.9 Å². The first-order valence-corrected chi connectivity index (χ1v) is 22.8. The van der Waals surface area contributed by atoms with E-state index in [0.29, 0.717) is 30.4 Å². The first-order valence-electron chi connectivity index (χ1n) is 22.8. The molecular formula is C46H56N12O22. The lowest BCUT2D eigenvalue weighted by molar-refractivity contribution is 0.0108. The van der Waals surface area contributed by atoms with Crippen LogP contribution in [0.5, 0.6) is 0 Å². The molecule has 2 aromatic heterocycles. The number of ether oxygens (including phenoxy) is 10. The highest BCUT2D eigenvalue weighted by Crippen LogP contribution is 2.22. The molecule has 0 unspecified atom stereocenters. The van der Waals surface area contributed by atoms with Crippen LogP contribution >= 0.6 is 0 Å². The fourth-order valence-electron chi connectivity index (χ4n) is 6.46. The molecule has 0 radical (unpaired) electrons. The number of methoxy groups -OCH3 is 6. The molecule has 5 rings (SSSR count). The van der Waals surface area contributed by atoms with Crippen LogP contribution < -0.4 is 66.0 Å². The van der Waals surface area contributed by atoms with Gasteiger partial charge in [0.25, 0.3) is 0 Å². The van der Waals surface area contributed by atoms with Gasteiger partial charge < -0.3 is 63.3 Å². The maximum atomic E-state index is 14.2. The van der Waals surface area contributed by atoms with Crippen LogP contribution in [0.4, 0.5) is 45.8 Å². The number of benzene rings is 3. The number of hydrogen-bond donors (Lipinski definition) is 6. The first kappa shape index (κ1) is 62.5. The van der Waals surface area contributed by atoms with E-state index >= 15 is 0 Å². The zero-order valence-corrected chi connectivity index (χ0v) is 44.3. The molecular weight excluding hydrogens is 1070 g/mol. The molecule has 0 saturated heterocycles. The Hall–Kier alpha value is -10.1. The summed E-state index contributed by atoms with van der Waals surface area (Å²) in [5.41, 5.74) is -4.42. The zero-order chi connectivity index (χ0) is 59.2. The number of anilines is 3. The molecule has 3 aromatic carbocycles. The Bertz CT molecular complexity index is 3280. The number of alkyl carbamates (subject to hydrolysis) is 3. The van der Waals surface area contributed by atoms with Crippen molar-refractivity contribution in [1.29, 1.82) is 0 Å². The summed E-state index contributed by atoms with van der Waals surface area (Å²) < 4.78 is 50.1. The van der Waals surface area contributed by atoms with E-state index < -0.39 is 90.7 Å². The average molecular weight is 1130 g/mol. The molecule has 34 nitrogen and oxygen atoms in total. The van der Waals surface area contributed by atoms with Crippen LogP contribution in [-0.4, -0.2) is 134 Å². The number of aryl methyl sites for hydroxylation is 3. The van der Waals surface area contributed by atoms with E-state index in [1.54, 1.807) is 39.0 Å². The van der Waals surface area contributed by atoms with Crippen LogP contribution in [0.3, 0.4) is 0 Å². The molecule has 0 atom stereocenters. The Morgan fingerprint density at radius 3 is 0.900 bits per heavy atom. The lowest BCUT2D eigenvalue weighted by atomic mass is 10.1. The Kier molecular flexibility index (Phi) is 23.5. The van der Waals surface area contributed by atoms with E-state index in [1.807, 2.05) is 0 Å². The van der Waals surface area contributed by atoms with Crippen molar-refractivity contribution < 1.29 is 76.1 Å². The van der Waals surface area contributed by atoms with Crippen molar-refractivity contribution in [3.63, 3.8) is 0 Å². The number of rotatable bonds is 20. The summed E-state index contributed by atoms with van der Waals surface area (Å²) in [5.74, 6) is 0. The molecule has 0 saturated carbocycles. The molecule has 34 heteroatoms.